The van der Waals surface area contributed by atoms with E-state index in [1.54, 1.807) is 18.2 Å². The summed E-state index contributed by atoms with van der Waals surface area (Å²) in [5.41, 5.74) is 0.422. The average Bonchev–Trinajstić information content (AvgIpc) is 3.09. The Labute approximate surface area is 122 Å². The molecule has 98 valence electrons. The van der Waals surface area contributed by atoms with Crippen LogP contribution < -0.4 is 5.32 Å². The summed E-state index contributed by atoms with van der Waals surface area (Å²) in [6.07, 6.45) is 2.13. The molecule has 1 aromatic heterocycles. The number of halogens is 2. The highest BCUT2D eigenvalue weighted by Gasteiger charge is 2.29. The van der Waals surface area contributed by atoms with E-state index < -0.39 is 0 Å². The number of anilines is 1. The van der Waals surface area contributed by atoms with E-state index in [1.165, 1.54) is 0 Å². The van der Waals surface area contributed by atoms with Crippen molar-refractivity contribution < 1.29 is 9.21 Å². The Morgan fingerprint density at radius 2 is 2.16 bits per heavy atom. The zero-order chi connectivity index (χ0) is 13.4. The molecule has 1 N–H and O–H groups in total. The molecule has 1 heterocycles. The smallest absolute Gasteiger partial charge is 0.322 e. The Kier molecular flexibility index (Phi) is 3.28. The molecule has 1 amide bonds. The molecule has 0 unspecified atom stereocenters. The van der Waals surface area contributed by atoms with E-state index in [0.29, 0.717) is 22.4 Å². The van der Waals surface area contributed by atoms with Gasteiger partial charge in [-0.2, -0.15) is 0 Å². The normalized spacial score (nSPS) is 14.4. The van der Waals surface area contributed by atoms with Crippen LogP contribution in [0.25, 0.3) is 0 Å². The summed E-state index contributed by atoms with van der Waals surface area (Å²) in [5.74, 6) is 0.607. The average molecular weight is 343 g/mol. The molecule has 0 saturated heterocycles. The van der Waals surface area contributed by atoms with Crippen LogP contribution in [-0.4, -0.2) is 16.1 Å². The van der Waals surface area contributed by atoms with Crippen molar-refractivity contribution in [1.82, 2.24) is 10.2 Å². The number of hydrogen-bond donors (Lipinski definition) is 1. The molecule has 1 fully saturated rings. The number of rotatable bonds is 3. The predicted octanol–water partition coefficient (Wildman–Crippen LogP) is 3.62. The zero-order valence-electron chi connectivity index (χ0n) is 9.69. The maximum Gasteiger partial charge on any atom is 0.322 e. The van der Waals surface area contributed by atoms with Crippen LogP contribution in [0, 0.1) is 0 Å². The van der Waals surface area contributed by atoms with E-state index in [9.17, 15) is 4.79 Å². The summed E-state index contributed by atoms with van der Waals surface area (Å²) in [6.45, 7) is 0. The number of carbonyl (C=O) groups excluding carboxylic acids is 1. The first kappa shape index (κ1) is 12.6. The highest BCUT2D eigenvalue weighted by Crippen LogP contribution is 2.39. The number of hydrogen-bond acceptors (Lipinski definition) is 4. The van der Waals surface area contributed by atoms with Gasteiger partial charge in [0.1, 0.15) is 0 Å². The van der Waals surface area contributed by atoms with Gasteiger partial charge in [0.15, 0.2) is 0 Å². The SMILES string of the molecule is O=C(Nc1nnc(C2CC2)o1)c1cc(Cl)cc(Br)c1. The third-order valence-corrected chi connectivity index (χ3v) is 3.39. The van der Waals surface area contributed by atoms with Crippen LogP contribution in [0.3, 0.4) is 0 Å². The van der Waals surface area contributed by atoms with Gasteiger partial charge in [0.25, 0.3) is 5.91 Å². The first-order valence-electron chi connectivity index (χ1n) is 5.72. The second kappa shape index (κ2) is 4.94. The van der Waals surface area contributed by atoms with Gasteiger partial charge in [0.2, 0.25) is 5.89 Å². The fourth-order valence-electron chi connectivity index (χ4n) is 1.63. The molecule has 0 bridgehead atoms. The molecule has 1 aliphatic rings. The summed E-state index contributed by atoms with van der Waals surface area (Å²) in [7, 11) is 0. The van der Waals surface area contributed by atoms with Gasteiger partial charge in [-0.1, -0.05) is 32.6 Å². The molecule has 3 rings (SSSR count). The Morgan fingerprint density at radius 3 is 2.84 bits per heavy atom. The van der Waals surface area contributed by atoms with E-state index in [-0.39, 0.29) is 11.9 Å². The molecule has 19 heavy (non-hydrogen) atoms. The van der Waals surface area contributed by atoms with Crippen molar-refractivity contribution in [2.75, 3.05) is 5.32 Å². The van der Waals surface area contributed by atoms with E-state index >= 15 is 0 Å². The quantitative estimate of drug-likeness (QED) is 0.925. The fraction of sp³-hybridized carbons (Fsp3) is 0.250. The molecule has 1 saturated carbocycles. The molecular formula is C12H9BrClN3O2. The molecule has 1 aromatic carbocycles. The first-order valence-corrected chi connectivity index (χ1v) is 6.90. The first-order chi connectivity index (χ1) is 9.11. The summed E-state index contributed by atoms with van der Waals surface area (Å²) in [4.78, 5) is 12.0. The lowest BCUT2D eigenvalue weighted by Gasteiger charge is -2.02. The predicted molar refractivity (Wildman–Crippen MR) is 73.4 cm³/mol. The molecule has 5 nitrogen and oxygen atoms in total. The van der Waals surface area contributed by atoms with Crippen molar-refractivity contribution in [2.24, 2.45) is 0 Å². The highest BCUT2D eigenvalue weighted by atomic mass is 79.9. The maximum atomic E-state index is 12.0. The molecule has 2 aromatic rings. The Hall–Kier alpha value is -1.40. The molecule has 1 aliphatic carbocycles. The molecule has 0 aliphatic heterocycles. The van der Waals surface area contributed by atoms with Crippen molar-refractivity contribution in [2.45, 2.75) is 18.8 Å². The summed E-state index contributed by atoms with van der Waals surface area (Å²) < 4.78 is 6.09. The van der Waals surface area contributed by atoms with Gasteiger partial charge in [0.05, 0.1) is 0 Å². The second-order valence-electron chi connectivity index (χ2n) is 4.33. The maximum absolute atomic E-state index is 12.0. The lowest BCUT2D eigenvalue weighted by molar-refractivity contribution is 0.102. The number of nitrogens with zero attached hydrogens (tertiary/aromatic N) is 2. The number of aromatic nitrogens is 2. The zero-order valence-corrected chi connectivity index (χ0v) is 12.0. The van der Waals surface area contributed by atoms with Gasteiger partial charge in [-0.15, -0.1) is 5.10 Å². The molecule has 0 radical (unpaired) electrons. The van der Waals surface area contributed by atoms with Crippen LogP contribution >= 0.6 is 27.5 Å². The van der Waals surface area contributed by atoms with Crippen molar-refractivity contribution in [3.05, 3.63) is 39.1 Å². The third kappa shape index (κ3) is 2.96. The number of benzene rings is 1. The lowest BCUT2D eigenvalue weighted by atomic mass is 10.2. The van der Waals surface area contributed by atoms with Crippen LogP contribution in [0.2, 0.25) is 5.02 Å². The van der Waals surface area contributed by atoms with Crippen LogP contribution in [0.15, 0.2) is 27.1 Å². The highest BCUT2D eigenvalue weighted by molar-refractivity contribution is 9.10. The Morgan fingerprint density at radius 1 is 1.37 bits per heavy atom. The monoisotopic (exact) mass is 341 g/mol. The van der Waals surface area contributed by atoms with Crippen molar-refractivity contribution in [1.29, 1.82) is 0 Å². The fourth-order valence-corrected chi connectivity index (χ4v) is 2.49. The Bertz CT molecular complexity index is 619. The van der Waals surface area contributed by atoms with Crippen molar-refractivity contribution in [3.8, 4) is 0 Å². The number of carbonyl (C=O) groups is 1. The molecule has 0 atom stereocenters. The van der Waals surface area contributed by atoms with Gasteiger partial charge >= 0.3 is 6.01 Å². The van der Waals surface area contributed by atoms with Crippen LogP contribution in [0.4, 0.5) is 6.01 Å². The molecule has 7 heteroatoms. The van der Waals surface area contributed by atoms with Gasteiger partial charge in [-0.25, -0.2) is 0 Å². The van der Waals surface area contributed by atoms with Crippen molar-refractivity contribution in [3.63, 3.8) is 0 Å². The summed E-state index contributed by atoms with van der Waals surface area (Å²) >= 11 is 9.17. The standard InChI is InChI=1S/C12H9BrClN3O2/c13-8-3-7(4-9(14)5-8)10(18)15-12-17-16-11(19-12)6-1-2-6/h3-6H,1-2H2,(H,15,17,18). The van der Waals surface area contributed by atoms with Gasteiger partial charge < -0.3 is 4.42 Å². The molecule has 0 spiro atoms. The van der Waals surface area contributed by atoms with Crippen LogP contribution in [-0.2, 0) is 0 Å². The lowest BCUT2D eigenvalue weighted by Crippen LogP contribution is -2.12. The van der Waals surface area contributed by atoms with Crippen molar-refractivity contribution >= 4 is 39.5 Å². The minimum atomic E-state index is -0.339. The summed E-state index contributed by atoms with van der Waals surface area (Å²) in [5, 5.41) is 10.7. The summed E-state index contributed by atoms with van der Waals surface area (Å²) in [6, 6.07) is 5.05. The van der Waals surface area contributed by atoms with E-state index in [1.807, 2.05) is 0 Å². The topological polar surface area (TPSA) is 68.0 Å². The second-order valence-corrected chi connectivity index (χ2v) is 5.68. The minimum absolute atomic E-state index is 0.114. The Balaban J connectivity index is 1.75. The van der Waals surface area contributed by atoms with E-state index in [4.69, 9.17) is 16.0 Å². The largest absolute Gasteiger partial charge is 0.408 e. The minimum Gasteiger partial charge on any atom is -0.408 e. The van der Waals surface area contributed by atoms with Gasteiger partial charge in [0, 0.05) is 21.0 Å². The molecular weight excluding hydrogens is 334 g/mol. The van der Waals surface area contributed by atoms with Crippen LogP contribution in [0.5, 0.6) is 0 Å². The van der Waals surface area contributed by atoms with Gasteiger partial charge in [-0.05, 0) is 31.0 Å². The van der Waals surface area contributed by atoms with Gasteiger partial charge in [-0.3, -0.25) is 10.1 Å². The third-order valence-electron chi connectivity index (χ3n) is 2.71. The number of amides is 1. The number of nitrogens with one attached hydrogen (secondary N) is 1. The van der Waals surface area contributed by atoms with E-state index in [0.717, 1.165) is 17.3 Å². The van der Waals surface area contributed by atoms with Crippen LogP contribution in [0.1, 0.15) is 35.0 Å². The van der Waals surface area contributed by atoms with E-state index in [2.05, 4.69) is 31.4 Å².